The molecule has 2 aromatic rings. The van der Waals surface area contributed by atoms with Crippen LogP contribution in [0, 0.1) is 0 Å². The molecule has 1 N–H and O–H groups in total. The summed E-state index contributed by atoms with van der Waals surface area (Å²) in [5.41, 5.74) is 2.36. The van der Waals surface area contributed by atoms with Gasteiger partial charge in [-0.15, -0.1) is 0 Å². The van der Waals surface area contributed by atoms with E-state index in [0.717, 1.165) is 62.9 Å². The second kappa shape index (κ2) is 12.0. The minimum absolute atomic E-state index is 0.106. The first-order valence-electron chi connectivity index (χ1n) is 13.3. The Labute approximate surface area is 234 Å². The molecule has 4 nitrogen and oxygen atoms in total. The molecule has 1 aliphatic heterocycles. The minimum Gasteiger partial charge on any atom is -0.382 e. The van der Waals surface area contributed by atoms with E-state index in [4.69, 9.17) is 28.6 Å². The highest BCUT2D eigenvalue weighted by atomic mass is 35.5. The monoisotopic (exact) mass is 567 g/mol. The van der Waals surface area contributed by atoms with Crippen LogP contribution in [0.25, 0.3) is 0 Å². The first-order chi connectivity index (χ1) is 17.9. The van der Waals surface area contributed by atoms with Gasteiger partial charge in [0.2, 0.25) is 0 Å². The Balaban J connectivity index is 1.17. The van der Waals surface area contributed by atoms with Crippen LogP contribution in [0.1, 0.15) is 57.6 Å². The predicted octanol–water partition coefficient (Wildman–Crippen LogP) is 7.55. The van der Waals surface area contributed by atoms with E-state index in [-0.39, 0.29) is 22.6 Å². The molecule has 1 saturated carbocycles. The Morgan fingerprint density at radius 1 is 0.974 bits per heavy atom. The summed E-state index contributed by atoms with van der Waals surface area (Å²) in [5.74, 6) is 0. The Hall–Kier alpha value is -2.03. The molecule has 2 aliphatic rings. The van der Waals surface area contributed by atoms with Crippen LogP contribution in [-0.4, -0.2) is 54.8 Å². The van der Waals surface area contributed by atoms with Gasteiger partial charge in [-0.2, -0.15) is 13.2 Å². The van der Waals surface area contributed by atoms with Gasteiger partial charge in [0, 0.05) is 43.6 Å². The van der Waals surface area contributed by atoms with E-state index in [1.54, 1.807) is 6.07 Å². The molecule has 0 aromatic heterocycles. The van der Waals surface area contributed by atoms with Crippen molar-refractivity contribution < 1.29 is 17.9 Å². The second-order valence-electron chi connectivity index (χ2n) is 11.3. The maximum absolute atomic E-state index is 13.1. The number of benzene rings is 2. The number of anilines is 2. The number of rotatable bonds is 6. The number of alkyl halides is 3. The third-order valence-electron chi connectivity index (χ3n) is 7.49. The number of hydrogen-bond donors (Lipinski definition) is 1. The number of piperazine rings is 1. The second-order valence-corrected chi connectivity index (χ2v) is 12.2. The number of nitrogens with zero attached hydrogens (tertiary/aromatic N) is 2. The zero-order valence-electron chi connectivity index (χ0n) is 22.3. The molecule has 0 radical (unpaired) electrons. The molecular formula is C29H37ClF3N3OS. The lowest BCUT2D eigenvalue weighted by atomic mass is 9.87. The van der Waals surface area contributed by atoms with Crippen molar-refractivity contribution in [2.24, 2.45) is 0 Å². The molecule has 0 unspecified atom stereocenters. The van der Waals surface area contributed by atoms with Crippen LogP contribution in [0.3, 0.4) is 0 Å². The molecule has 4 rings (SSSR count). The molecule has 1 heterocycles. The van der Waals surface area contributed by atoms with Crippen molar-refractivity contribution in [3.63, 3.8) is 0 Å². The van der Waals surface area contributed by atoms with Crippen LogP contribution >= 0.6 is 23.8 Å². The van der Waals surface area contributed by atoms with Crippen LogP contribution in [0.2, 0.25) is 5.02 Å². The largest absolute Gasteiger partial charge is 0.417 e. The summed E-state index contributed by atoms with van der Waals surface area (Å²) >= 11 is 11.4. The summed E-state index contributed by atoms with van der Waals surface area (Å²) in [6.07, 6.45) is -1.01. The number of nitrogens with one attached hydrogen (secondary N) is 1. The molecule has 1 aliphatic carbocycles. The predicted molar refractivity (Wildman–Crippen MR) is 154 cm³/mol. The van der Waals surface area contributed by atoms with Gasteiger partial charge < -0.3 is 19.9 Å². The van der Waals surface area contributed by atoms with Crippen LogP contribution in [0.4, 0.5) is 24.5 Å². The fourth-order valence-corrected chi connectivity index (χ4v) is 5.58. The molecule has 0 spiro atoms. The zero-order chi connectivity index (χ0) is 27.5. The average molecular weight is 568 g/mol. The topological polar surface area (TPSA) is 27.7 Å². The first-order valence-corrected chi connectivity index (χ1v) is 14.1. The van der Waals surface area contributed by atoms with Gasteiger partial charge in [-0.25, -0.2) is 0 Å². The Morgan fingerprint density at radius 3 is 2.18 bits per heavy atom. The number of thiocarbonyl (C=S) groups is 1. The van der Waals surface area contributed by atoms with Gasteiger partial charge in [0.25, 0.3) is 0 Å². The number of halogens is 4. The molecule has 208 valence electrons. The Bertz CT molecular complexity index is 1090. The lowest BCUT2D eigenvalue weighted by Crippen LogP contribution is -2.49. The van der Waals surface area contributed by atoms with Crippen LogP contribution in [-0.2, 0) is 16.3 Å². The first kappa shape index (κ1) is 29.0. The normalized spacial score (nSPS) is 20.9. The van der Waals surface area contributed by atoms with Crippen LogP contribution < -0.4 is 10.2 Å². The maximum Gasteiger partial charge on any atom is 0.417 e. The average Bonchev–Trinajstić information content (AvgIpc) is 2.88. The van der Waals surface area contributed by atoms with Gasteiger partial charge in [0.05, 0.1) is 23.3 Å². The van der Waals surface area contributed by atoms with Gasteiger partial charge in [-0.1, -0.05) is 56.7 Å². The van der Waals surface area contributed by atoms with E-state index in [9.17, 15) is 13.2 Å². The smallest absolute Gasteiger partial charge is 0.382 e. The van der Waals surface area contributed by atoms with Gasteiger partial charge in [-0.3, -0.25) is 0 Å². The van der Waals surface area contributed by atoms with Crippen molar-refractivity contribution >= 4 is 40.2 Å². The molecule has 0 atom stereocenters. The molecule has 0 bridgehead atoms. The zero-order valence-corrected chi connectivity index (χ0v) is 23.9. The van der Waals surface area contributed by atoms with Crippen molar-refractivity contribution in [1.29, 1.82) is 0 Å². The summed E-state index contributed by atoms with van der Waals surface area (Å²) in [7, 11) is 0. The van der Waals surface area contributed by atoms with E-state index in [2.05, 4.69) is 60.2 Å². The number of ether oxygens (including phenoxy) is 1. The van der Waals surface area contributed by atoms with Crippen molar-refractivity contribution in [3.8, 4) is 0 Å². The van der Waals surface area contributed by atoms with E-state index < -0.39 is 11.7 Å². The Morgan fingerprint density at radius 2 is 1.61 bits per heavy atom. The third-order valence-corrected chi connectivity index (χ3v) is 8.20. The van der Waals surface area contributed by atoms with Crippen molar-refractivity contribution in [2.45, 2.75) is 70.2 Å². The fourth-order valence-electron chi connectivity index (χ4n) is 5.11. The van der Waals surface area contributed by atoms with E-state index in [0.29, 0.717) is 12.3 Å². The molecule has 0 amide bonds. The maximum atomic E-state index is 13.1. The van der Waals surface area contributed by atoms with E-state index >= 15 is 0 Å². The molecule has 2 aromatic carbocycles. The molecule has 2 fully saturated rings. The van der Waals surface area contributed by atoms with Crippen molar-refractivity contribution in [2.75, 3.05) is 43.0 Å². The highest BCUT2D eigenvalue weighted by molar-refractivity contribution is 7.80. The summed E-state index contributed by atoms with van der Waals surface area (Å²) in [6, 6.07) is 13.0. The lowest BCUT2D eigenvalue weighted by molar-refractivity contribution is -0.137. The number of hydrogen-bond acceptors (Lipinski definition) is 4. The quantitative estimate of drug-likeness (QED) is 0.364. The highest BCUT2D eigenvalue weighted by Crippen LogP contribution is 2.37. The molecular weight excluding hydrogens is 531 g/mol. The van der Waals surface area contributed by atoms with Crippen molar-refractivity contribution in [3.05, 3.63) is 58.6 Å². The standard InChI is InChI=1S/C29H37ClF3N3OS/c1-28(2,3)20-4-9-23(10-5-20)35-14-16-36(17-15-35)27(38)19-37-24-11-6-21(7-12-24)34-22-8-13-26(30)25(18-22)29(31,32)33/h4-5,8-10,13,18,21,24,34H,6-7,11-12,14-17,19H2,1-3H3/t21-,24-. The van der Waals surface area contributed by atoms with Crippen molar-refractivity contribution in [1.82, 2.24) is 4.90 Å². The molecule has 9 heteroatoms. The van der Waals surface area contributed by atoms with Crippen LogP contribution in [0.15, 0.2) is 42.5 Å². The molecule has 1 saturated heterocycles. The van der Waals surface area contributed by atoms with Gasteiger partial charge in [0.15, 0.2) is 0 Å². The minimum atomic E-state index is -4.47. The van der Waals surface area contributed by atoms with E-state index in [1.165, 1.54) is 17.3 Å². The molecule has 38 heavy (non-hydrogen) atoms. The third kappa shape index (κ3) is 7.54. The lowest BCUT2D eigenvalue weighted by Gasteiger charge is -2.38. The summed E-state index contributed by atoms with van der Waals surface area (Å²) < 4.78 is 45.6. The van der Waals surface area contributed by atoms with Gasteiger partial charge >= 0.3 is 6.18 Å². The van der Waals surface area contributed by atoms with Crippen LogP contribution in [0.5, 0.6) is 0 Å². The van der Waals surface area contributed by atoms with Gasteiger partial charge in [0.1, 0.15) is 4.99 Å². The fraction of sp³-hybridized carbons (Fsp3) is 0.552. The summed E-state index contributed by atoms with van der Waals surface area (Å²) in [5, 5.41) is 2.95. The Kier molecular flexibility index (Phi) is 9.15. The van der Waals surface area contributed by atoms with Gasteiger partial charge in [-0.05, 0) is 67.0 Å². The van der Waals surface area contributed by atoms with E-state index in [1.807, 2.05) is 0 Å². The SMILES string of the molecule is CC(C)(C)c1ccc(N2CCN(C(=S)CO[C@H]3CC[C@H](Nc4ccc(Cl)c(C(F)(F)F)c4)CC3)CC2)cc1. The summed E-state index contributed by atoms with van der Waals surface area (Å²) in [4.78, 5) is 5.48. The summed E-state index contributed by atoms with van der Waals surface area (Å²) in [6.45, 7) is 10.7. The highest BCUT2D eigenvalue weighted by Gasteiger charge is 2.33.